The number of nitrogens with zero attached hydrogens (tertiary/aromatic N) is 2. The summed E-state index contributed by atoms with van der Waals surface area (Å²) >= 11 is 0. The van der Waals surface area contributed by atoms with E-state index in [9.17, 15) is 0 Å². The van der Waals surface area contributed by atoms with Crippen molar-refractivity contribution in [2.45, 2.75) is 52.4 Å². The van der Waals surface area contributed by atoms with Crippen molar-refractivity contribution < 1.29 is 0 Å². The molecule has 0 bridgehead atoms. The largest absolute Gasteiger partial charge is 0.303 e. The Morgan fingerprint density at radius 1 is 0.750 bits per heavy atom. The molecule has 0 amide bonds. The molecule has 0 radical (unpaired) electrons. The van der Waals surface area contributed by atoms with Gasteiger partial charge in [-0.05, 0) is 76.5 Å². The minimum atomic E-state index is 0. The predicted octanol–water partition coefficient (Wildman–Crippen LogP) is 4.07. The van der Waals surface area contributed by atoms with Gasteiger partial charge in [0, 0.05) is 13.1 Å². The lowest BCUT2D eigenvalue weighted by atomic mass is 9.99. The highest BCUT2D eigenvalue weighted by molar-refractivity contribution is 5.85. The van der Waals surface area contributed by atoms with Gasteiger partial charge in [0.05, 0.1) is 0 Å². The van der Waals surface area contributed by atoms with Crippen LogP contribution in [0.15, 0.2) is 0 Å². The second-order valence-corrected chi connectivity index (χ2v) is 6.80. The average Bonchev–Trinajstić information content (AvgIpc) is 2.35. The van der Waals surface area contributed by atoms with Crippen molar-refractivity contribution in [1.82, 2.24) is 9.80 Å². The Morgan fingerprint density at radius 3 is 1.50 bits per heavy atom. The first-order chi connectivity index (χ1) is 8.74. The SMILES string of the molecule is CC1CCCN(CCCCN2CCCC(C)C2)C1.Cl.Cl. The van der Waals surface area contributed by atoms with Crippen LogP contribution < -0.4 is 0 Å². The summed E-state index contributed by atoms with van der Waals surface area (Å²) in [5.41, 5.74) is 0. The minimum absolute atomic E-state index is 0. The Bertz CT molecular complexity index is 215. The van der Waals surface area contributed by atoms with Crippen LogP contribution in [0.2, 0.25) is 0 Å². The molecule has 2 unspecified atom stereocenters. The summed E-state index contributed by atoms with van der Waals surface area (Å²) in [5.74, 6) is 1.86. The van der Waals surface area contributed by atoms with Crippen LogP contribution in [-0.4, -0.2) is 49.1 Å². The quantitative estimate of drug-likeness (QED) is 0.703. The molecule has 0 spiro atoms. The van der Waals surface area contributed by atoms with Gasteiger partial charge in [-0.2, -0.15) is 0 Å². The van der Waals surface area contributed by atoms with Gasteiger partial charge in [0.1, 0.15) is 0 Å². The third kappa shape index (κ3) is 7.49. The number of piperidine rings is 2. The lowest BCUT2D eigenvalue weighted by Gasteiger charge is -2.32. The fourth-order valence-electron chi connectivity index (χ4n) is 3.65. The van der Waals surface area contributed by atoms with Gasteiger partial charge in [0.25, 0.3) is 0 Å². The second kappa shape index (κ2) is 11.1. The van der Waals surface area contributed by atoms with E-state index in [0.29, 0.717) is 0 Å². The van der Waals surface area contributed by atoms with Crippen LogP contribution >= 0.6 is 24.8 Å². The lowest BCUT2D eigenvalue weighted by Crippen LogP contribution is -2.36. The van der Waals surface area contributed by atoms with E-state index in [4.69, 9.17) is 0 Å². The van der Waals surface area contributed by atoms with Gasteiger partial charge in [0.15, 0.2) is 0 Å². The van der Waals surface area contributed by atoms with E-state index in [0.717, 1.165) is 11.8 Å². The summed E-state index contributed by atoms with van der Waals surface area (Å²) in [6.07, 6.45) is 8.54. The van der Waals surface area contributed by atoms with E-state index in [1.807, 2.05) is 0 Å². The number of likely N-dealkylation sites (tertiary alicyclic amines) is 2. The summed E-state index contributed by atoms with van der Waals surface area (Å²) in [6.45, 7) is 12.9. The van der Waals surface area contributed by atoms with Gasteiger partial charge in [-0.15, -0.1) is 24.8 Å². The molecule has 0 aromatic heterocycles. The third-order valence-corrected chi connectivity index (χ3v) is 4.68. The van der Waals surface area contributed by atoms with Crippen molar-refractivity contribution in [3.05, 3.63) is 0 Å². The molecule has 0 N–H and O–H groups in total. The molecule has 2 atom stereocenters. The maximum absolute atomic E-state index is 2.69. The molecule has 2 nitrogen and oxygen atoms in total. The standard InChI is InChI=1S/C16H32N2.2ClH/c1-15-7-5-11-17(13-15)9-3-4-10-18-12-6-8-16(2)14-18;;/h15-16H,3-14H2,1-2H3;2*1H. The van der Waals surface area contributed by atoms with Crippen LogP contribution in [0.25, 0.3) is 0 Å². The van der Waals surface area contributed by atoms with Crippen molar-refractivity contribution in [2.24, 2.45) is 11.8 Å². The highest BCUT2D eigenvalue weighted by Gasteiger charge is 2.17. The number of hydrogen-bond donors (Lipinski definition) is 0. The fourth-order valence-corrected chi connectivity index (χ4v) is 3.65. The first-order valence-electron chi connectivity index (χ1n) is 8.19. The molecule has 0 saturated carbocycles. The zero-order chi connectivity index (χ0) is 12.8. The Morgan fingerprint density at radius 2 is 1.15 bits per heavy atom. The minimum Gasteiger partial charge on any atom is -0.303 e. The Kier molecular flexibility index (Phi) is 11.4. The van der Waals surface area contributed by atoms with E-state index in [1.165, 1.54) is 77.8 Å². The van der Waals surface area contributed by atoms with Crippen LogP contribution in [0.4, 0.5) is 0 Å². The van der Waals surface area contributed by atoms with Crippen LogP contribution in [-0.2, 0) is 0 Å². The first-order valence-corrected chi connectivity index (χ1v) is 8.19. The Labute approximate surface area is 138 Å². The van der Waals surface area contributed by atoms with Crippen molar-refractivity contribution in [3.63, 3.8) is 0 Å². The van der Waals surface area contributed by atoms with E-state index in [1.54, 1.807) is 0 Å². The van der Waals surface area contributed by atoms with Crippen LogP contribution in [0, 0.1) is 11.8 Å². The molecule has 0 aromatic carbocycles. The number of unbranched alkanes of at least 4 members (excludes halogenated alkanes) is 1. The predicted molar refractivity (Wildman–Crippen MR) is 93.4 cm³/mol. The maximum Gasteiger partial charge on any atom is 0.000703 e. The van der Waals surface area contributed by atoms with Gasteiger partial charge in [-0.25, -0.2) is 0 Å². The van der Waals surface area contributed by atoms with Crippen molar-refractivity contribution in [1.29, 1.82) is 0 Å². The molecule has 2 saturated heterocycles. The smallest absolute Gasteiger partial charge is 0.000703 e. The molecule has 2 aliphatic rings. The van der Waals surface area contributed by atoms with Crippen molar-refractivity contribution in [2.75, 3.05) is 39.3 Å². The Balaban J connectivity index is 0.00000180. The van der Waals surface area contributed by atoms with E-state index in [-0.39, 0.29) is 24.8 Å². The summed E-state index contributed by atoms with van der Waals surface area (Å²) in [5, 5.41) is 0. The van der Waals surface area contributed by atoms with Crippen LogP contribution in [0.1, 0.15) is 52.4 Å². The summed E-state index contributed by atoms with van der Waals surface area (Å²) in [6, 6.07) is 0. The molecule has 20 heavy (non-hydrogen) atoms. The number of hydrogen-bond acceptors (Lipinski definition) is 2. The molecule has 0 aromatic rings. The molecular formula is C16H34Cl2N2. The molecule has 2 aliphatic heterocycles. The zero-order valence-corrected chi connectivity index (χ0v) is 15.0. The summed E-state index contributed by atoms with van der Waals surface area (Å²) in [4.78, 5) is 5.37. The average molecular weight is 325 g/mol. The van der Waals surface area contributed by atoms with Crippen LogP contribution in [0.3, 0.4) is 0 Å². The lowest BCUT2D eigenvalue weighted by molar-refractivity contribution is 0.162. The van der Waals surface area contributed by atoms with Crippen LogP contribution in [0.5, 0.6) is 0 Å². The molecule has 2 heterocycles. The summed E-state index contributed by atoms with van der Waals surface area (Å²) < 4.78 is 0. The Hall–Kier alpha value is 0.500. The van der Waals surface area contributed by atoms with E-state index < -0.39 is 0 Å². The number of rotatable bonds is 5. The highest BCUT2D eigenvalue weighted by Crippen LogP contribution is 2.17. The molecule has 122 valence electrons. The van der Waals surface area contributed by atoms with E-state index >= 15 is 0 Å². The summed E-state index contributed by atoms with van der Waals surface area (Å²) in [7, 11) is 0. The molecule has 2 rings (SSSR count). The van der Waals surface area contributed by atoms with Gasteiger partial charge in [-0.3, -0.25) is 0 Å². The van der Waals surface area contributed by atoms with Crippen molar-refractivity contribution in [3.8, 4) is 0 Å². The fraction of sp³-hybridized carbons (Fsp3) is 1.00. The molecular weight excluding hydrogens is 291 g/mol. The second-order valence-electron chi connectivity index (χ2n) is 6.80. The topological polar surface area (TPSA) is 6.48 Å². The van der Waals surface area contributed by atoms with E-state index in [2.05, 4.69) is 23.6 Å². The normalized spacial score (nSPS) is 28.5. The molecule has 4 heteroatoms. The third-order valence-electron chi connectivity index (χ3n) is 4.68. The first kappa shape index (κ1) is 20.5. The zero-order valence-electron chi connectivity index (χ0n) is 13.4. The highest BCUT2D eigenvalue weighted by atomic mass is 35.5. The maximum atomic E-state index is 2.69. The van der Waals surface area contributed by atoms with Gasteiger partial charge in [0.2, 0.25) is 0 Å². The van der Waals surface area contributed by atoms with Gasteiger partial charge >= 0.3 is 0 Å². The number of halogens is 2. The van der Waals surface area contributed by atoms with Gasteiger partial charge < -0.3 is 9.80 Å². The molecule has 0 aliphatic carbocycles. The monoisotopic (exact) mass is 324 g/mol. The van der Waals surface area contributed by atoms with Crippen molar-refractivity contribution >= 4 is 24.8 Å². The molecule has 2 fully saturated rings. The van der Waals surface area contributed by atoms with Gasteiger partial charge in [-0.1, -0.05) is 13.8 Å².